The van der Waals surface area contributed by atoms with Crippen molar-refractivity contribution in [2.24, 2.45) is 0 Å². The number of hydrogen-bond donors (Lipinski definition) is 1. The molecule has 0 aliphatic carbocycles. The first kappa shape index (κ1) is 22.3. The molecule has 168 valence electrons. The van der Waals surface area contributed by atoms with E-state index >= 15 is 0 Å². The maximum absolute atomic E-state index is 13.2. The lowest BCUT2D eigenvalue weighted by molar-refractivity contribution is -0.137. The second-order valence-electron chi connectivity index (χ2n) is 7.26. The number of alkyl halides is 3. The number of aromatic nitrogens is 3. The number of nitrogens with zero attached hydrogens (tertiary/aromatic N) is 4. The van der Waals surface area contributed by atoms with Crippen molar-refractivity contribution in [3.63, 3.8) is 0 Å². The third kappa shape index (κ3) is 5.26. The van der Waals surface area contributed by atoms with Gasteiger partial charge >= 0.3 is 6.18 Å². The van der Waals surface area contributed by atoms with E-state index in [0.29, 0.717) is 24.7 Å². The fourth-order valence-electron chi connectivity index (χ4n) is 3.46. The van der Waals surface area contributed by atoms with Crippen molar-refractivity contribution in [3.8, 4) is 5.69 Å². The van der Waals surface area contributed by atoms with Gasteiger partial charge in [-0.3, -0.25) is 9.69 Å². The van der Waals surface area contributed by atoms with E-state index in [9.17, 15) is 18.0 Å². The van der Waals surface area contributed by atoms with Crippen molar-refractivity contribution < 1.29 is 22.7 Å². The van der Waals surface area contributed by atoms with Crippen molar-refractivity contribution in [2.75, 3.05) is 31.6 Å². The van der Waals surface area contributed by atoms with Crippen LogP contribution < -0.4 is 5.32 Å². The molecule has 1 atom stereocenters. The molecular weight excluding hydrogens is 447 g/mol. The molecule has 4 rings (SSSR count). The van der Waals surface area contributed by atoms with E-state index < -0.39 is 17.6 Å². The molecule has 3 aromatic rings. The van der Waals surface area contributed by atoms with E-state index in [1.165, 1.54) is 23.4 Å². The van der Waals surface area contributed by atoms with Crippen molar-refractivity contribution in [2.45, 2.75) is 12.3 Å². The van der Waals surface area contributed by atoms with Gasteiger partial charge in [0, 0.05) is 18.1 Å². The summed E-state index contributed by atoms with van der Waals surface area (Å²) in [6.45, 7) is 1.42. The monoisotopic (exact) mass is 465 g/mol. The van der Waals surface area contributed by atoms with Gasteiger partial charge in [-0.25, -0.2) is 9.67 Å². The van der Waals surface area contributed by atoms with Gasteiger partial charge in [-0.15, -0.1) is 0 Å². The number of carbonyl (C=O) groups excluding carboxylic acids is 1. The average molecular weight is 466 g/mol. The zero-order chi connectivity index (χ0) is 22.7. The van der Waals surface area contributed by atoms with Gasteiger partial charge in [-0.05, 0) is 35.9 Å². The number of benzene rings is 2. The highest BCUT2D eigenvalue weighted by Gasteiger charge is 2.31. The van der Waals surface area contributed by atoms with Crippen LogP contribution in [0.4, 0.5) is 18.9 Å². The standard InChI is InChI=1S/C21H19ClF3N5O2/c22-16-4-1-14(2-5-16)19-10-29(7-8-32-19)11-20(31)28-17-9-15(21(23,24)25)3-6-18(17)30-13-26-12-27-30/h1-6,9,12-13,19H,7-8,10-11H2,(H,28,31). The highest BCUT2D eigenvalue weighted by atomic mass is 35.5. The predicted octanol–water partition coefficient (Wildman–Crippen LogP) is 3.95. The Kier molecular flexibility index (Phi) is 6.45. The Morgan fingerprint density at radius 3 is 2.69 bits per heavy atom. The van der Waals surface area contributed by atoms with E-state index in [1.807, 2.05) is 17.0 Å². The molecule has 1 aliphatic rings. The Hall–Kier alpha value is -2.95. The minimum atomic E-state index is -4.55. The van der Waals surface area contributed by atoms with Gasteiger partial charge in [0.05, 0.1) is 36.2 Å². The van der Waals surface area contributed by atoms with Gasteiger partial charge in [0.15, 0.2) is 0 Å². The summed E-state index contributed by atoms with van der Waals surface area (Å²) in [5.41, 5.74) is 0.347. The quantitative estimate of drug-likeness (QED) is 0.617. The molecule has 1 fully saturated rings. The largest absolute Gasteiger partial charge is 0.416 e. The van der Waals surface area contributed by atoms with Crippen LogP contribution >= 0.6 is 11.6 Å². The van der Waals surface area contributed by atoms with Gasteiger partial charge in [-0.1, -0.05) is 23.7 Å². The molecule has 32 heavy (non-hydrogen) atoms. The normalized spacial score (nSPS) is 17.3. The second-order valence-corrected chi connectivity index (χ2v) is 7.70. The Balaban J connectivity index is 1.48. The highest BCUT2D eigenvalue weighted by molar-refractivity contribution is 6.30. The Bertz CT molecular complexity index is 1070. The smallest absolute Gasteiger partial charge is 0.371 e. The maximum Gasteiger partial charge on any atom is 0.416 e. The van der Waals surface area contributed by atoms with Crippen LogP contribution in [-0.4, -0.2) is 51.8 Å². The minimum absolute atomic E-state index is 0.000488. The molecule has 1 aliphatic heterocycles. The second kappa shape index (κ2) is 9.27. The first-order valence-corrected chi connectivity index (χ1v) is 10.1. The summed E-state index contributed by atoms with van der Waals surface area (Å²) >= 11 is 5.93. The first-order valence-electron chi connectivity index (χ1n) is 9.75. The Morgan fingerprint density at radius 2 is 2.00 bits per heavy atom. The first-order chi connectivity index (χ1) is 15.3. The molecule has 1 aromatic heterocycles. The van der Waals surface area contributed by atoms with Crippen LogP contribution in [0.1, 0.15) is 17.2 Å². The van der Waals surface area contributed by atoms with Gasteiger partial charge < -0.3 is 10.1 Å². The molecule has 1 N–H and O–H groups in total. The maximum atomic E-state index is 13.2. The number of carbonyl (C=O) groups is 1. The zero-order valence-electron chi connectivity index (χ0n) is 16.7. The van der Waals surface area contributed by atoms with Crippen molar-refractivity contribution in [3.05, 3.63) is 71.3 Å². The van der Waals surface area contributed by atoms with E-state index in [2.05, 4.69) is 15.4 Å². The Morgan fingerprint density at radius 1 is 1.22 bits per heavy atom. The lowest BCUT2D eigenvalue weighted by atomic mass is 10.1. The molecule has 0 bridgehead atoms. The Labute approximate surface area is 186 Å². The van der Waals surface area contributed by atoms with Crippen LogP contribution in [-0.2, 0) is 15.7 Å². The van der Waals surface area contributed by atoms with E-state index in [-0.39, 0.29) is 24.0 Å². The molecule has 0 radical (unpaired) electrons. The fourth-order valence-corrected chi connectivity index (χ4v) is 3.59. The number of halogens is 4. The lowest BCUT2D eigenvalue weighted by Gasteiger charge is -2.32. The molecular formula is C21H19ClF3N5O2. The summed E-state index contributed by atoms with van der Waals surface area (Å²) in [5.74, 6) is -0.442. The van der Waals surface area contributed by atoms with Crippen molar-refractivity contribution >= 4 is 23.2 Å². The van der Waals surface area contributed by atoms with Crippen LogP contribution in [0.2, 0.25) is 5.02 Å². The van der Waals surface area contributed by atoms with E-state index in [1.54, 1.807) is 12.1 Å². The van der Waals surface area contributed by atoms with Crippen LogP contribution in [0.25, 0.3) is 5.69 Å². The molecule has 2 aromatic carbocycles. The number of nitrogens with one attached hydrogen (secondary N) is 1. The summed E-state index contributed by atoms with van der Waals surface area (Å²) in [6.07, 6.45) is -2.17. The van der Waals surface area contributed by atoms with Crippen LogP contribution in [0.15, 0.2) is 55.1 Å². The average Bonchev–Trinajstić information content (AvgIpc) is 3.28. The van der Waals surface area contributed by atoms with Gasteiger partial charge in [-0.2, -0.15) is 18.3 Å². The zero-order valence-corrected chi connectivity index (χ0v) is 17.5. The third-order valence-electron chi connectivity index (χ3n) is 5.02. The van der Waals surface area contributed by atoms with E-state index in [4.69, 9.17) is 16.3 Å². The fraction of sp³-hybridized carbons (Fsp3) is 0.286. The molecule has 1 unspecified atom stereocenters. The summed E-state index contributed by atoms with van der Waals surface area (Å²) in [6, 6.07) is 10.3. The number of ether oxygens (including phenoxy) is 1. The molecule has 11 heteroatoms. The van der Waals surface area contributed by atoms with Gasteiger partial charge in [0.25, 0.3) is 0 Å². The molecule has 7 nitrogen and oxygen atoms in total. The van der Waals surface area contributed by atoms with Crippen LogP contribution in [0, 0.1) is 0 Å². The third-order valence-corrected chi connectivity index (χ3v) is 5.28. The van der Waals surface area contributed by atoms with E-state index in [0.717, 1.165) is 17.7 Å². The lowest BCUT2D eigenvalue weighted by Crippen LogP contribution is -2.42. The minimum Gasteiger partial charge on any atom is -0.371 e. The molecule has 0 saturated carbocycles. The van der Waals surface area contributed by atoms with Crippen LogP contribution in [0.5, 0.6) is 0 Å². The SMILES string of the molecule is O=C(CN1CCOC(c2ccc(Cl)cc2)C1)Nc1cc(C(F)(F)F)ccc1-n1cncn1. The van der Waals surface area contributed by atoms with Crippen LogP contribution in [0.3, 0.4) is 0 Å². The number of anilines is 1. The summed E-state index contributed by atoms with van der Waals surface area (Å²) in [5, 5.41) is 7.16. The highest BCUT2D eigenvalue weighted by Crippen LogP contribution is 2.33. The summed E-state index contributed by atoms with van der Waals surface area (Å²) in [4.78, 5) is 18.4. The summed E-state index contributed by atoms with van der Waals surface area (Å²) in [7, 11) is 0. The molecule has 2 heterocycles. The molecule has 0 spiro atoms. The number of morpholine rings is 1. The summed E-state index contributed by atoms with van der Waals surface area (Å²) < 4.78 is 46.7. The predicted molar refractivity (Wildman–Crippen MR) is 112 cm³/mol. The van der Waals surface area contributed by atoms with Crippen molar-refractivity contribution in [1.29, 1.82) is 0 Å². The number of amides is 1. The number of hydrogen-bond acceptors (Lipinski definition) is 5. The topological polar surface area (TPSA) is 72.3 Å². The molecule has 1 saturated heterocycles. The van der Waals surface area contributed by atoms with Crippen molar-refractivity contribution in [1.82, 2.24) is 19.7 Å². The van der Waals surface area contributed by atoms with Gasteiger partial charge in [0.2, 0.25) is 5.91 Å². The number of rotatable bonds is 5. The molecule has 1 amide bonds. The van der Waals surface area contributed by atoms with Gasteiger partial charge in [0.1, 0.15) is 12.7 Å².